The number of nitrogens with one attached hydrogen (secondary N) is 1. The van der Waals surface area contributed by atoms with Gasteiger partial charge in [-0.3, -0.25) is 14.5 Å². The van der Waals surface area contributed by atoms with Gasteiger partial charge in [-0.15, -0.1) is 0 Å². The van der Waals surface area contributed by atoms with Crippen molar-refractivity contribution in [3.05, 3.63) is 24.0 Å². The fraction of sp³-hybridized carbons (Fsp3) is 0.417. The molecule has 102 valence electrons. The summed E-state index contributed by atoms with van der Waals surface area (Å²) in [6.45, 7) is 0.487. The van der Waals surface area contributed by atoms with Gasteiger partial charge in [0.05, 0.1) is 6.20 Å². The van der Waals surface area contributed by atoms with Crippen molar-refractivity contribution < 1.29 is 19.8 Å². The van der Waals surface area contributed by atoms with Crippen LogP contribution >= 0.6 is 0 Å². The summed E-state index contributed by atoms with van der Waals surface area (Å²) in [5.74, 6) is -1.27. The number of rotatable bonds is 3. The smallest absolute Gasteiger partial charge is 0.320 e. The van der Waals surface area contributed by atoms with Crippen LogP contribution in [-0.2, 0) is 4.79 Å². The molecular weight excluding hydrogens is 250 g/mol. The quantitative estimate of drug-likeness (QED) is 0.692. The molecule has 3 N–H and O–H groups in total. The van der Waals surface area contributed by atoms with Gasteiger partial charge < -0.3 is 15.5 Å². The highest BCUT2D eigenvalue weighted by atomic mass is 16.4. The van der Waals surface area contributed by atoms with Crippen LogP contribution in [0.15, 0.2) is 18.3 Å². The summed E-state index contributed by atoms with van der Waals surface area (Å²) in [6, 6.07) is 2.01. The van der Waals surface area contributed by atoms with Crippen LogP contribution in [0.1, 0.15) is 16.9 Å². The van der Waals surface area contributed by atoms with E-state index in [4.69, 9.17) is 10.2 Å². The molecule has 1 aromatic heterocycles. The lowest BCUT2D eigenvalue weighted by atomic mass is 10.1. The Kier molecular flexibility index (Phi) is 3.66. The second kappa shape index (κ2) is 5.23. The molecule has 0 unspecified atom stereocenters. The molecule has 1 aromatic rings. The number of likely N-dealkylation sites (tertiary alicyclic amines) is 1. The average molecular weight is 265 g/mol. The van der Waals surface area contributed by atoms with Gasteiger partial charge in [0.25, 0.3) is 5.91 Å². The number of hydrogen-bond donors (Lipinski definition) is 3. The zero-order valence-electron chi connectivity index (χ0n) is 10.4. The number of aromatic nitrogens is 1. The zero-order valence-corrected chi connectivity index (χ0v) is 10.4. The maximum atomic E-state index is 11.9. The Morgan fingerprint density at radius 3 is 2.74 bits per heavy atom. The van der Waals surface area contributed by atoms with Crippen LogP contribution in [0.25, 0.3) is 0 Å². The van der Waals surface area contributed by atoms with E-state index in [2.05, 4.69) is 10.3 Å². The number of carboxylic acids is 1. The standard InChI is InChI=1S/C12H15N3O4/c1-15-6-7(4-10(15)12(18)19)14-11(17)9-3-2-8(16)5-13-9/h2-3,5,7,10,16H,4,6H2,1H3,(H,14,17)(H,18,19)/t7-,10-/m0/s1. The maximum absolute atomic E-state index is 11.9. The van der Waals surface area contributed by atoms with Gasteiger partial charge in [-0.2, -0.15) is 0 Å². The molecule has 1 aliphatic rings. The first-order valence-corrected chi connectivity index (χ1v) is 5.86. The largest absolute Gasteiger partial charge is 0.506 e. The number of carboxylic acid groups (broad SMARTS) is 1. The number of likely N-dealkylation sites (N-methyl/N-ethyl adjacent to an activating group) is 1. The Morgan fingerprint density at radius 2 is 2.21 bits per heavy atom. The molecule has 0 spiro atoms. The summed E-state index contributed by atoms with van der Waals surface area (Å²) in [4.78, 5) is 28.3. The normalized spacial score (nSPS) is 23.2. The predicted octanol–water partition coefficient (Wildman–Crippen LogP) is -0.326. The van der Waals surface area contributed by atoms with Crippen molar-refractivity contribution in [3.63, 3.8) is 0 Å². The van der Waals surface area contributed by atoms with E-state index >= 15 is 0 Å². The van der Waals surface area contributed by atoms with Crippen molar-refractivity contribution in [2.24, 2.45) is 0 Å². The summed E-state index contributed by atoms with van der Waals surface area (Å²) in [5.41, 5.74) is 0.194. The Labute approximate surface area is 109 Å². The lowest BCUT2D eigenvalue weighted by Crippen LogP contribution is -2.36. The van der Waals surface area contributed by atoms with E-state index < -0.39 is 12.0 Å². The summed E-state index contributed by atoms with van der Waals surface area (Å²) < 4.78 is 0. The summed E-state index contributed by atoms with van der Waals surface area (Å²) in [6.07, 6.45) is 1.56. The molecule has 2 rings (SSSR count). The third kappa shape index (κ3) is 3.00. The van der Waals surface area contributed by atoms with Crippen molar-refractivity contribution in [2.45, 2.75) is 18.5 Å². The first-order chi connectivity index (χ1) is 8.97. The number of hydrogen-bond acceptors (Lipinski definition) is 5. The third-order valence-electron chi connectivity index (χ3n) is 3.15. The van der Waals surface area contributed by atoms with Gasteiger partial charge in [0, 0.05) is 12.6 Å². The van der Waals surface area contributed by atoms with Crippen LogP contribution in [0.4, 0.5) is 0 Å². The SMILES string of the molecule is CN1C[C@@H](NC(=O)c2ccc(O)cn2)C[C@H]1C(=O)O. The van der Waals surface area contributed by atoms with Gasteiger partial charge in [0.1, 0.15) is 17.5 Å². The fourth-order valence-electron chi connectivity index (χ4n) is 2.17. The van der Waals surface area contributed by atoms with Gasteiger partial charge in [0.2, 0.25) is 0 Å². The molecule has 0 aromatic carbocycles. The molecule has 1 aliphatic heterocycles. The Morgan fingerprint density at radius 1 is 1.47 bits per heavy atom. The number of aromatic hydroxyl groups is 1. The van der Waals surface area contributed by atoms with Crippen molar-refractivity contribution in [1.29, 1.82) is 0 Å². The molecule has 7 heteroatoms. The molecule has 0 aliphatic carbocycles. The summed E-state index contributed by atoms with van der Waals surface area (Å²) >= 11 is 0. The molecule has 0 radical (unpaired) electrons. The van der Waals surface area contributed by atoms with Crippen LogP contribution in [0.2, 0.25) is 0 Å². The molecule has 1 saturated heterocycles. The molecule has 7 nitrogen and oxygen atoms in total. The lowest BCUT2D eigenvalue weighted by Gasteiger charge is -2.13. The minimum atomic E-state index is -0.887. The van der Waals surface area contributed by atoms with Gasteiger partial charge in [0.15, 0.2) is 0 Å². The second-order valence-corrected chi connectivity index (χ2v) is 4.60. The fourth-order valence-corrected chi connectivity index (χ4v) is 2.17. The highest BCUT2D eigenvalue weighted by Crippen LogP contribution is 2.16. The Bertz CT molecular complexity index is 488. The first-order valence-electron chi connectivity index (χ1n) is 5.86. The van der Waals surface area contributed by atoms with E-state index in [0.29, 0.717) is 13.0 Å². The van der Waals surface area contributed by atoms with Crippen molar-refractivity contribution >= 4 is 11.9 Å². The zero-order chi connectivity index (χ0) is 14.0. The van der Waals surface area contributed by atoms with Crippen molar-refractivity contribution in [2.75, 3.05) is 13.6 Å². The van der Waals surface area contributed by atoms with E-state index in [1.807, 2.05) is 0 Å². The van der Waals surface area contributed by atoms with E-state index in [-0.39, 0.29) is 23.4 Å². The highest BCUT2D eigenvalue weighted by molar-refractivity contribution is 5.92. The van der Waals surface area contributed by atoms with Gasteiger partial charge in [-0.05, 0) is 25.6 Å². The number of nitrogens with zero attached hydrogens (tertiary/aromatic N) is 2. The summed E-state index contributed by atoms with van der Waals surface area (Å²) in [5, 5.41) is 20.8. The molecule has 2 heterocycles. The number of amides is 1. The van der Waals surface area contributed by atoms with Crippen LogP contribution in [-0.4, -0.2) is 57.6 Å². The monoisotopic (exact) mass is 265 g/mol. The Hall–Kier alpha value is -2.15. The van der Waals surface area contributed by atoms with Gasteiger partial charge >= 0.3 is 5.97 Å². The van der Waals surface area contributed by atoms with E-state index in [9.17, 15) is 9.59 Å². The molecule has 19 heavy (non-hydrogen) atoms. The lowest BCUT2D eigenvalue weighted by molar-refractivity contribution is -0.141. The van der Waals surface area contributed by atoms with Crippen molar-refractivity contribution in [3.8, 4) is 5.75 Å². The molecule has 1 amide bonds. The van der Waals surface area contributed by atoms with E-state index in [0.717, 1.165) is 0 Å². The maximum Gasteiger partial charge on any atom is 0.320 e. The summed E-state index contributed by atoms with van der Waals surface area (Å²) in [7, 11) is 1.71. The molecule has 1 fully saturated rings. The van der Waals surface area contributed by atoms with E-state index in [1.165, 1.54) is 18.3 Å². The molecule has 2 atom stereocenters. The Balaban J connectivity index is 1.97. The minimum Gasteiger partial charge on any atom is -0.506 e. The number of carbonyl (C=O) groups is 2. The average Bonchev–Trinajstić information content (AvgIpc) is 2.71. The van der Waals surface area contributed by atoms with Gasteiger partial charge in [-0.25, -0.2) is 4.98 Å². The van der Waals surface area contributed by atoms with E-state index in [1.54, 1.807) is 11.9 Å². The molecular formula is C12H15N3O4. The number of carbonyl (C=O) groups excluding carboxylic acids is 1. The van der Waals surface area contributed by atoms with Crippen LogP contribution in [0, 0.1) is 0 Å². The van der Waals surface area contributed by atoms with Crippen molar-refractivity contribution in [1.82, 2.24) is 15.2 Å². The topological polar surface area (TPSA) is 103 Å². The predicted molar refractivity (Wildman–Crippen MR) is 65.8 cm³/mol. The number of pyridine rings is 1. The van der Waals surface area contributed by atoms with Crippen LogP contribution in [0.3, 0.4) is 0 Å². The highest BCUT2D eigenvalue weighted by Gasteiger charge is 2.35. The van der Waals surface area contributed by atoms with Gasteiger partial charge in [-0.1, -0.05) is 0 Å². The second-order valence-electron chi connectivity index (χ2n) is 4.60. The number of aliphatic carboxylic acids is 1. The third-order valence-corrected chi connectivity index (χ3v) is 3.15. The minimum absolute atomic E-state index is 0.0110. The van der Waals surface area contributed by atoms with Crippen LogP contribution in [0.5, 0.6) is 5.75 Å². The molecule has 0 saturated carbocycles. The van der Waals surface area contributed by atoms with Crippen LogP contribution < -0.4 is 5.32 Å². The first kappa shape index (κ1) is 13.3. The molecule has 0 bridgehead atoms.